The van der Waals surface area contributed by atoms with Gasteiger partial charge in [-0.3, -0.25) is 19.2 Å². The van der Waals surface area contributed by atoms with Gasteiger partial charge in [-0.15, -0.1) is 0 Å². The Bertz CT molecular complexity index is 719. The number of piperazine rings is 1. The Morgan fingerprint density at radius 1 is 0.931 bits per heavy atom. The van der Waals surface area contributed by atoms with Gasteiger partial charge in [-0.05, 0) is 45.3 Å². The Labute approximate surface area is 173 Å². The van der Waals surface area contributed by atoms with Gasteiger partial charge in [0.1, 0.15) is 5.69 Å². The van der Waals surface area contributed by atoms with Crippen LogP contribution in [0.15, 0.2) is 12.3 Å². The molecule has 3 aliphatic heterocycles. The van der Waals surface area contributed by atoms with Crippen molar-refractivity contribution in [2.45, 2.75) is 31.7 Å². The molecule has 0 N–H and O–H groups in total. The third-order valence-corrected chi connectivity index (χ3v) is 6.93. The zero-order chi connectivity index (χ0) is 20.4. The topological polar surface area (TPSA) is 64.9 Å². The Morgan fingerprint density at radius 3 is 2.31 bits per heavy atom. The number of likely N-dealkylation sites (N-methyl/N-ethyl adjacent to an activating group) is 1. The predicted molar refractivity (Wildman–Crippen MR) is 111 cm³/mol. The van der Waals surface area contributed by atoms with Crippen LogP contribution in [0.4, 0.5) is 0 Å². The van der Waals surface area contributed by atoms with Crippen LogP contribution in [0.1, 0.15) is 36.2 Å². The lowest BCUT2D eigenvalue weighted by Gasteiger charge is -2.43. The second kappa shape index (κ2) is 8.83. The minimum absolute atomic E-state index is 0.0743. The van der Waals surface area contributed by atoms with Crippen LogP contribution in [-0.2, 0) is 11.8 Å². The maximum atomic E-state index is 13.0. The number of hydrogen-bond donors (Lipinski definition) is 0. The van der Waals surface area contributed by atoms with Gasteiger partial charge in [-0.1, -0.05) is 0 Å². The van der Waals surface area contributed by atoms with Crippen LogP contribution in [0.3, 0.4) is 0 Å². The van der Waals surface area contributed by atoms with Crippen molar-refractivity contribution < 1.29 is 9.59 Å². The van der Waals surface area contributed by atoms with Crippen molar-refractivity contribution in [3.63, 3.8) is 0 Å². The number of amides is 2. The molecule has 0 spiro atoms. The number of hydrogen-bond acceptors (Lipinski definition) is 5. The van der Waals surface area contributed by atoms with Crippen LogP contribution < -0.4 is 0 Å². The largest absolute Gasteiger partial charge is 0.340 e. The van der Waals surface area contributed by atoms with Crippen molar-refractivity contribution in [2.75, 3.05) is 59.4 Å². The summed E-state index contributed by atoms with van der Waals surface area (Å²) >= 11 is 0. The summed E-state index contributed by atoms with van der Waals surface area (Å²) < 4.78 is 1.65. The molecule has 0 aromatic carbocycles. The van der Waals surface area contributed by atoms with Gasteiger partial charge in [0.2, 0.25) is 5.91 Å². The minimum atomic E-state index is 0.0743. The van der Waals surface area contributed by atoms with E-state index in [2.05, 4.69) is 26.8 Å². The van der Waals surface area contributed by atoms with Crippen LogP contribution >= 0.6 is 0 Å². The third-order valence-electron chi connectivity index (χ3n) is 6.93. The van der Waals surface area contributed by atoms with Crippen molar-refractivity contribution in [3.8, 4) is 0 Å². The van der Waals surface area contributed by atoms with Gasteiger partial charge in [0.15, 0.2) is 0 Å². The number of aromatic nitrogens is 2. The molecule has 8 heteroatoms. The summed E-state index contributed by atoms with van der Waals surface area (Å²) in [6.07, 6.45) is 5.75. The molecule has 3 fully saturated rings. The average molecular weight is 403 g/mol. The molecule has 160 valence electrons. The van der Waals surface area contributed by atoms with E-state index in [1.54, 1.807) is 16.9 Å². The summed E-state index contributed by atoms with van der Waals surface area (Å²) in [5, 5.41) is 4.11. The van der Waals surface area contributed by atoms with Crippen LogP contribution in [-0.4, -0.2) is 107 Å². The van der Waals surface area contributed by atoms with Crippen LogP contribution in [0, 0.1) is 5.92 Å². The molecule has 1 aromatic heterocycles. The third kappa shape index (κ3) is 4.48. The van der Waals surface area contributed by atoms with Gasteiger partial charge < -0.3 is 14.7 Å². The number of aryl methyl sites for hydroxylation is 1. The number of carbonyl (C=O) groups is 2. The van der Waals surface area contributed by atoms with Gasteiger partial charge in [-0.25, -0.2) is 0 Å². The molecule has 3 saturated heterocycles. The number of likely N-dealkylation sites (tertiary alicyclic amines) is 2. The SMILES string of the molecule is CN1CCN(C(=O)[C@H]2CCCN(C3CCN(C(=O)c4ccnn4C)CC3)C2)CC1. The van der Waals surface area contributed by atoms with E-state index in [9.17, 15) is 9.59 Å². The molecule has 0 aliphatic carbocycles. The first-order valence-electron chi connectivity index (χ1n) is 11.0. The van der Waals surface area contributed by atoms with E-state index >= 15 is 0 Å². The second-order valence-electron chi connectivity index (χ2n) is 8.83. The van der Waals surface area contributed by atoms with Gasteiger partial charge in [0.25, 0.3) is 5.91 Å². The van der Waals surface area contributed by atoms with Crippen molar-refractivity contribution in [1.82, 2.24) is 29.4 Å². The molecular weight excluding hydrogens is 368 g/mol. The summed E-state index contributed by atoms with van der Waals surface area (Å²) in [5.41, 5.74) is 0.652. The molecule has 2 amide bonds. The van der Waals surface area contributed by atoms with Gasteiger partial charge in [0.05, 0.1) is 5.92 Å². The molecule has 0 radical (unpaired) electrons. The number of piperidine rings is 2. The molecule has 29 heavy (non-hydrogen) atoms. The molecule has 0 unspecified atom stereocenters. The smallest absolute Gasteiger partial charge is 0.272 e. The summed E-state index contributed by atoms with van der Waals surface area (Å²) in [5.74, 6) is 0.568. The Morgan fingerprint density at radius 2 is 1.66 bits per heavy atom. The van der Waals surface area contributed by atoms with Gasteiger partial charge in [-0.2, -0.15) is 5.10 Å². The van der Waals surface area contributed by atoms with Crippen LogP contribution in [0.5, 0.6) is 0 Å². The highest BCUT2D eigenvalue weighted by Gasteiger charge is 2.35. The first kappa shape index (κ1) is 20.3. The van der Waals surface area contributed by atoms with E-state index in [0.717, 1.165) is 78.0 Å². The molecule has 8 nitrogen and oxygen atoms in total. The molecule has 1 aromatic rings. The van der Waals surface area contributed by atoms with E-state index in [4.69, 9.17) is 0 Å². The van der Waals surface area contributed by atoms with E-state index in [-0.39, 0.29) is 11.8 Å². The lowest BCUT2D eigenvalue weighted by molar-refractivity contribution is -0.139. The number of nitrogens with zero attached hydrogens (tertiary/aromatic N) is 6. The van der Waals surface area contributed by atoms with E-state index in [1.165, 1.54) is 0 Å². The average Bonchev–Trinajstić information content (AvgIpc) is 3.19. The summed E-state index contributed by atoms with van der Waals surface area (Å²) in [4.78, 5) is 34.5. The normalized spacial score (nSPS) is 25.4. The highest BCUT2D eigenvalue weighted by atomic mass is 16.2. The molecule has 1 atom stereocenters. The Balaban J connectivity index is 1.29. The maximum Gasteiger partial charge on any atom is 0.272 e. The van der Waals surface area contributed by atoms with Gasteiger partial charge >= 0.3 is 0 Å². The van der Waals surface area contributed by atoms with Crippen molar-refractivity contribution in [2.24, 2.45) is 13.0 Å². The first-order valence-corrected chi connectivity index (χ1v) is 11.0. The van der Waals surface area contributed by atoms with Gasteiger partial charge in [0, 0.05) is 65.1 Å². The van der Waals surface area contributed by atoms with E-state index in [0.29, 0.717) is 17.6 Å². The lowest BCUT2D eigenvalue weighted by Crippen LogP contribution is -2.54. The summed E-state index contributed by atoms with van der Waals surface area (Å²) in [6.45, 7) is 7.19. The maximum absolute atomic E-state index is 13.0. The summed E-state index contributed by atoms with van der Waals surface area (Å²) in [6, 6.07) is 2.27. The summed E-state index contributed by atoms with van der Waals surface area (Å²) in [7, 11) is 3.93. The highest BCUT2D eigenvalue weighted by Crippen LogP contribution is 2.26. The molecule has 0 bridgehead atoms. The van der Waals surface area contributed by atoms with Crippen molar-refractivity contribution in [3.05, 3.63) is 18.0 Å². The predicted octanol–water partition coefficient (Wildman–Crippen LogP) is 0.511. The standard InChI is InChI=1S/C21H34N6O2/c1-23-12-14-26(15-13-23)20(28)17-4-3-9-27(16-17)18-6-10-25(11-7-18)21(29)19-5-8-22-24(19)2/h5,8,17-18H,3-4,6-7,9-16H2,1-2H3/t17-/m0/s1. The molecule has 4 rings (SSSR count). The zero-order valence-corrected chi connectivity index (χ0v) is 17.8. The fraction of sp³-hybridized carbons (Fsp3) is 0.762. The van der Waals surface area contributed by atoms with Crippen LogP contribution in [0.2, 0.25) is 0 Å². The minimum Gasteiger partial charge on any atom is -0.340 e. The molecular formula is C21H34N6O2. The fourth-order valence-corrected chi connectivity index (χ4v) is 5.00. The van der Waals surface area contributed by atoms with E-state index < -0.39 is 0 Å². The monoisotopic (exact) mass is 402 g/mol. The number of carbonyl (C=O) groups excluding carboxylic acids is 2. The first-order chi connectivity index (χ1) is 14.0. The molecule has 0 saturated carbocycles. The molecule has 4 heterocycles. The second-order valence-corrected chi connectivity index (χ2v) is 8.83. The van der Waals surface area contributed by atoms with Crippen molar-refractivity contribution >= 4 is 11.8 Å². The van der Waals surface area contributed by atoms with Crippen LogP contribution in [0.25, 0.3) is 0 Å². The van der Waals surface area contributed by atoms with Crippen molar-refractivity contribution in [1.29, 1.82) is 0 Å². The highest BCUT2D eigenvalue weighted by molar-refractivity contribution is 5.92. The number of rotatable bonds is 3. The quantitative estimate of drug-likeness (QED) is 0.737. The Kier molecular flexibility index (Phi) is 6.20. The van der Waals surface area contributed by atoms with E-state index in [1.807, 2.05) is 11.9 Å². The lowest BCUT2D eigenvalue weighted by atomic mass is 9.92. The molecule has 3 aliphatic rings. The zero-order valence-electron chi connectivity index (χ0n) is 17.8. The Hall–Kier alpha value is -1.93. The fourth-order valence-electron chi connectivity index (χ4n) is 5.00.